The highest BCUT2D eigenvalue weighted by Crippen LogP contribution is 2.12. The number of hydrogen-bond donors (Lipinski definition) is 2. The zero-order chi connectivity index (χ0) is 13.5. The summed E-state index contributed by atoms with van der Waals surface area (Å²) in [5.41, 5.74) is 7.09. The quantitative estimate of drug-likeness (QED) is 0.761. The number of hydrogen-bond acceptors (Lipinski definition) is 3. The molecular formula is C14H23N3O. The molecule has 4 heteroatoms. The molecule has 1 atom stereocenters. The van der Waals surface area contributed by atoms with E-state index < -0.39 is 0 Å². The molecular weight excluding hydrogens is 226 g/mol. The second kappa shape index (κ2) is 7.01. The van der Waals surface area contributed by atoms with Crippen molar-refractivity contribution in [2.45, 2.75) is 33.2 Å². The minimum Gasteiger partial charge on any atom is -0.399 e. The maximum absolute atomic E-state index is 11.9. The number of nitrogens with one attached hydrogen (secondary N) is 1. The van der Waals surface area contributed by atoms with Gasteiger partial charge in [0.2, 0.25) is 5.91 Å². The third-order valence-electron chi connectivity index (χ3n) is 3.11. The summed E-state index contributed by atoms with van der Waals surface area (Å²) in [7, 11) is 0. The number of anilines is 2. The fourth-order valence-electron chi connectivity index (χ4n) is 2.02. The molecule has 0 aliphatic heterocycles. The summed E-state index contributed by atoms with van der Waals surface area (Å²) in [5, 5.41) is 2.88. The van der Waals surface area contributed by atoms with Crippen LogP contribution in [-0.2, 0) is 4.79 Å². The Hall–Kier alpha value is -1.55. The molecule has 0 saturated heterocycles. The molecule has 1 aromatic rings. The van der Waals surface area contributed by atoms with Crippen LogP contribution in [0.1, 0.15) is 27.2 Å². The van der Waals surface area contributed by atoms with Crippen LogP contribution < -0.4 is 11.1 Å². The first-order valence-electron chi connectivity index (χ1n) is 6.46. The zero-order valence-electron chi connectivity index (χ0n) is 11.4. The molecule has 1 aromatic carbocycles. The smallest absolute Gasteiger partial charge is 0.225 e. The van der Waals surface area contributed by atoms with Gasteiger partial charge >= 0.3 is 0 Å². The Labute approximate surface area is 109 Å². The third-order valence-corrected chi connectivity index (χ3v) is 3.11. The first-order chi connectivity index (χ1) is 8.56. The minimum atomic E-state index is 0.0409. The lowest BCUT2D eigenvalue weighted by atomic mass is 10.2. The van der Waals surface area contributed by atoms with E-state index in [-0.39, 0.29) is 11.9 Å². The van der Waals surface area contributed by atoms with Crippen molar-refractivity contribution >= 4 is 17.3 Å². The lowest BCUT2D eigenvalue weighted by molar-refractivity contribution is -0.117. The van der Waals surface area contributed by atoms with Crippen molar-refractivity contribution in [1.29, 1.82) is 0 Å². The molecule has 1 unspecified atom stereocenters. The molecule has 0 radical (unpaired) electrons. The molecule has 0 bridgehead atoms. The average Bonchev–Trinajstić information content (AvgIpc) is 2.33. The van der Waals surface area contributed by atoms with Crippen molar-refractivity contribution < 1.29 is 4.79 Å². The number of benzene rings is 1. The minimum absolute atomic E-state index is 0.0409. The monoisotopic (exact) mass is 249 g/mol. The van der Waals surface area contributed by atoms with E-state index in [1.54, 1.807) is 12.1 Å². The summed E-state index contributed by atoms with van der Waals surface area (Å²) in [6.07, 6.45) is 0.506. The van der Waals surface area contributed by atoms with E-state index >= 15 is 0 Å². The first-order valence-corrected chi connectivity index (χ1v) is 6.46. The van der Waals surface area contributed by atoms with Crippen LogP contribution in [0.3, 0.4) is 0 Å². The van der Waals surface area contributed by atoms with E-state index in [1.165, 1.54) is 0 Å². The third kappa shape index (κ3) is 4.37. The summed E-state index contributed by atoms with van der Waals surface area (Å²) < 4.78 is 0. The highest BCUT2D eigenvalue weighted by Gasteiger charge is 2.14. The standard InChI is InChI=1S/C14H23N3O/c1-4-17(5-2)11(3)10-14(18)16-13-8-6-12(15)7-9-13/h6-9,11H,4-5,10,15H2,1-3H3,(H,16,18). The van der Waals surface area contributed by atoms with E-state index in [2.05, 4.69) is 31.0 Å². The second-order valence-electron chi connectivity index (χ2n) is 4.44. The Morgan fingerprint density at radius 3 is 2.33 bits per heavy atom. The Morgan fingerprint density at radius 2 is 1.83 bits per heavy atom. The molecule has 18 heavy (non-hydrogen) atoms. The predicted molar refractivity (Wildman–Crippen MR) is 76.5 cm³/mol. The number of nitrogen functional groups attached to an aromatic ring is 1. The second-order valence-corrected chi connectivity index (χ2v) is 4.44. The van der Waals surface area contributed by atoms with Gasteiger partial charge in [-0.2, -0.15) is 0 Å². The molecule has 0 aliphatic rings. The van der Waals surface area contributed by atoms with Crippen LogP contribution in [0.15, 0.2) is 24.3 Å². The summed E-state index contributed by atoms with van der Waals surface area (Å²) in [6.45, 7) is 8.23. The molecule has 0 saturated carbocycles. The van der Waals surface area contributed by atoms with Crippen LogP contribution >= 0.6 is 0 Å². The summed E-state index contributed by atoms with van der Waals surface area (Å²) >= 11 is 0. The Balaban J connectivity index is 2.48. The molecule has 4 nitrogen and oxygen atoms in total. The van der Waals surface area contributed by atoms with Crippen LogP contribution in [0, 0.1) is 0 Å². The van der Waals surface area contributed by atoms with Gasteiger partial charge < -0.3 is 16.0 Å². The van der Waals surface area contributed by atoms with Crippen molar-refractivity contribution in [3.8, 4) is 0 Å². The van der Waals surface area contributed by atoms with Crippen LogP contribution in [0.2, 0.25) is 0 Å². The van der Waals surface area contributed by atoms with Crippen LogP contribution in [0.5, 0.6) is 0 Å². The SMILES string of the molecule is CCN(CC)C(C)CC(=O)Nc1ccc(N)cc1. The van der Waals surface area contributed by atoms with Crippen LogP contribution in [-0.4, -0.2) is 29.9 Å². The zero-order valence-corrected chi connectivity index (χ0v) is 11.4. The van der Waals surface area contributed by atoms with Crippen molar-refractivity contribution in [3.63, 3.8) is 0 Å². The summed E-state index contributed by atoms with van der Waals surface area (Å²) in [5.74, 6) is 0.0409. The molecule has 0 aliphatic carbocycles. The molecule has 0 heterocycles. The van der Waals surface area contributed by atoms with Crippen molar-refractivity contribution in [3.05, 3.63) is 24.3 Å². The fourth-order valence-corrected chi connectivity index (χ4v) is 2.02. The van der Waals surface area contributed by atoms with Crippen LogP contribution in [0.25, 0.3) is 0 Å². The topological polar surface area (TPSA) is 58.4 Å². The highest BCUT2D eigenvalue weighted by molar-refractivity contribution is 5.91. The lowest BCUT2D eigenvalue weighted by Crippen LogP contribution is -2.35. The normalized spacial score (nSPS) is 12.4. The number of carbonyl (C=O) groups is 1. The van der Waals surface area contributed by atoms with Gasteiger partial charge in [0.05, 0.1) is 0 Å². The molecule has 1 rings (SSSR count). The molecule has 1 amide bonds. The van der Waals surface area contributed by atoms with Crippen molar-refractivity contribution in [1.82, 2.24) is 4.90 Å². The van der Waals surface area contributed by atoms with Crippen molar-refractivity contribution in [2.24, 2.45) is 0 Å². The molecule has 0 fully saturated rings. The van der Waals surface area contributed by atoms with E-state index in [4.69, 9.17) is 5.73 Å². The number of nitrogens with two attached hydrogens (primary N) is 1. The average molecular weight is 249 g/mol. The van der Waals surface area contributed by atoms with Gasteiger partial charge in [-0.1, -0.05) is 13.8 Å². The number of amides is 1. The molecule has 0 spiro atoms. The Kier molecular flexibility index (Phi) is 5.65. The van der Waals surface area contributed by atoms with E-state index in [9.17, 15) is 4.79 Å². The van der Waals surface area contributed by atoms with Gasteiger partial charge in [-0.05, 0) is 44.3 Å². The summed E-state index contributed by atoms with van der Waals surface area (Å²) in [6, 6.07) is 7.45. The van der Waals surface area contributed by atoms with Gasteiger partial charge in [0.1, 0.15) is 0 Å². The van der Waals surface area contributed by atoms with E-state index in [0.29, 0.717) is 12.1 Å². The highest BCUT2D eigenvalue weighted by atomic mass is 16.1. The Bertz CT molecular complexity index is 371. The van der Waals surface area contributed by atoms with Gasteiger partial charge in [0, 0.05) is 23.8 Å². The Morgan fingerprint density at radius 1 is 1.28 bits per heavy atom. The van der Waals surface area contributed by atoms with Gasteiger partial charge in [0.15, 0.2) is 0 Å². The first kappa shape index (κ1) is 14.5. The number of nitrogens with zero attached hydrogens (tertiary/aromatic N) is 1. The molecule has 3 N–H and O–H groups in total. The van der Waals surface area contributed by atoms with Crippen LogP contribution in [0.4, 0.5) is 11.4 Å². The largest absolute Gasteiger partial charge is 0.399 e. The summed E-state index contributed by atoms with van der Waals surface area (Å²) in [4.78, 5) is 14.1. The van der Waals surface area contributed by atoms with Gasteiger partial charge in [0.25, 0.3) is 0 Å². The molecule has 100 valence electrons. The van der Waals surface area contributed by atoms with Gasteiger partial charge in [-0.3, -0.25) is 4.79 Å². The maximum atomic E-state index is 11.9. The number of carbonyl (C=O) groups excluding carboxylic acids is 1. The van der Waals surface area contributed by atoms with E-state index in [1.807, 2.05) is 12.1 Å². The predicted octanol–water partition coefficient (Wildman–Crippen LogP) is 2.33. The number of rotatable bonds is 6. The van der Waals surface area contributed by atoms with Gasteiger partial charge in [-0.15, -0.1) is 0 Å². The van der Waals surface area contributed by atoms with Crippen molar-refractivity contribution in [2.75, 3.05) is 24.1 Å². The molecule has 0 aromatic heterocycles. The van der Waals surface area contributed by atoms with E-state index in [0.717, 1.165) is 18.8 Å². The maximum Gasteiger partial charge on any atom is 0.225 e. The fraction of sp³-hybridized carbons (Fsp3) is 0.500. The lowest BCUT2D eigenvalue weighted by Gasteiger charge is -2.25. The van der Waals surface area contributed by atoms with Gasteiger partial charge in [-0.25, -0.2) is 0 Å².